The predicted octanol–water partition coefficient (Wildman–Crippen LogP) is 3.68. The van der Waals surface area contributed by atoms with Crippen molar-refractivity contribution in [2.45, 2.75) is 26.4 Å². The molecule has 0 unspecified atom stereocenters. The van der Waals surface area contributed by atoms with Gasteiger partial charge in [-0.2, -0.15) is 11.8 Å². The van der Waals surface area contributed by atoms with E-state index < -0.39 is 17.5 Å². The molecule has 128 valence electrons. The lowest BCUT2D eigenvalue weighted by atomic mass is 10.2. The molecule has 0 saturated carbocycles. The quantitative estimate of drug-likeness (QED) is 0.757. The van der Waals surface area contributed by atoms with Crippen LogP contribution in [0.15, 0.2) is 18.2 Å². The van der Waals surface area contributed by atoms with Crippen molar-refractivity contribution in [2.24, 2.45) is 0 Å². The molecule has 23 heavy (non-hydrogen) atoms. The second-order valence-electron chi connectivity index (χ2n) is 5.66. The number of hydrogen-bond donors (Lipinski definition) is 2. The number of anilines is 1. The molecule has 0 aromatic heterocycles. The maximum atomic E-state index is 13.0. The highest BCUT2D eigenvalue weighted by Crippen LogP contribution is 2.19. The third-order valence-electron chi connectivity index (χ3n) is 2.35. The SMILES string of the molecule is CC(C)(C)OC(=O)NCCSCC(=O)Nc1ccc(F)c(Cl)c1. The van der Waals surface area contributed by atoms with Crippen LogP contribution in [0, 0.1) is 5.82 Å². The van der Waals surface area contributed by atoms with E-state index in [-0.39, 0.29) is 16.7 Å². The van der Waals surface area contributed by atoms with Crippen molar-refractivity contribution in [1.82, 2.24) is 5.32 Å². The first kappa shape index (κ1) is 19.6. The second-order valence-corrected chi connectivity index (χ2v) is 7.17. The van der Waals surface area contributed by atoms with Crippen molar-refractivity contribution in [1.29, 1.82) is 0 Å². The molecule has 1 rings (SSSR count). The Labute approximate surface area is 144 Å². The third-order valence-corrected chi connectivity index (χ3v) is 3.60. The summed E-state index contributed by atoms with van der Waals surface area (Å²) in [6.07, 6.45) is -0.483. The van der Waals surface area contributed by atoms with E-state index >= 15 is 0 Å². The summed E-state index contributed by atoms with van der Waals surface area (Å²) in [6.45, 7) is 5.75. The summed E-state index contributed by atoms with van der Waals surface area (Å²) in [5, 5.41) is 5.18. The van der Waals surface area contributed by atoms with Gasteiger partial charge in [-0.25, -0.2) is 9.18 Å². The first-order valence-corrected chi connectivity index (χ1v) is 8.50. The molecule has 0 radical (unpaired) electrons. The van der Waals surface area contributed by atoms with Gasteiger partial charge in [0.15, 0.2) is 0 Å². The fourth-order valence-electron chi connectivity index (χ4n) is 1.48. The van der Waals surface area contributed by atoms with Crippen LogP contribution in [-0.4, -0.2) is 35.7 Å². The predicted molar refractivity (Wildman–Crippen MR) is 91.6 cm³/mol. The Morgan fingerprint density at radius 2 is 2.04 bits per heavy atom. The Bertz CT molecular complexity index is 564. The summed E-state index contributed by atoms with van der Waals surface area (Å²) in [5.74, 6) is 0.0177. The minimum absolute atomic E-state index is 0.0444. The molecule has 0 aliphatic rings. The lowest BCUT2D eigenvalue weighted by Gasteiger charge is -2.19. The van der Waals surface area contributed by atoms with Gasteiger partial charge in [0.2, 0.25) is 5.91 Å². The maximum absolute atomic E-state index is 13.0. The number of carbonyl (C=O) groups excluding carboxylic acids is 2. The molecule has 0 atom stereocenters. The lowest BCUT2D eigenvalue weighted by molar-refractivity contribution is -0.113. The summed E-state index contributed by atoms with van der Waals surface area (Å²) in [6, 6.07) is 3.98. The van der Waals surface area contributed by atoms with Gasteiger partial charge < -0.3 is 15.4 Å². The van der Waals surface area contributed by atoms with Gasteiger partial charge in [0, 0.05) is 18.0 Å². The largest absolute Gasteiger partial charge is 0.444 e. The first-order chi connectivity index (χ1) is 10.7. The van der Waals surface area contributed by atoms with Crippen molar-refractivity contribution < 1.29 is 18.7 Å². The number of benzene rings is 1. The number of thioether (sulfide) groups is 1. The molecular weight excluding hydrogens is 343 g/mol. The summed E-state index contributed by atoms with van der Waals surface area (Å²) < 4.78 is 18.1. The molecule has 0 aliphatic heterocycles. The smallest absolute Gasteiger partial charge is 0.407 e. The zero-order chi connectivity index (χ0) is 17.5. The van der Waals surface area contributed by atoms with E-state index in [4.69, 9.17) is 16.3 Å². The van der Waals surface area contributed by atoms with E-state index in [9.17, 15) is 14.0 Å². The number of carbonyl (C=O) groups is 2. The van der Waals surface area contributed by atoms with E-state index in [2.05, 4.69) is 10.6 Å². The molecular formula is C15H20ClFN2O3S. The highest BCUT2D eigenvalue weighted by Gasteiger charge is 2.15. The van der Waals surface area contributed by atoms with Crippen LogP contribution in [0.3, 0.4) is 0 Å². The molecule has 0 heterocycles. The lowest BCUT2D eigenvalue weighted by Crippen LogP contribution is -2.33. The number of nitrogens with one attached hydrogen (secondary N) is 2. The summed E-state index contributed by atoms with van der Waals surface area (Å²) in [4.78, 5) is 23.1. The number of amides is 2. The van der Waals surface area contributed by atoms with Crippen molar-refractivity contribution in [3.63, 3.8) is 0 Å². The zero-order valence-corrected chi connectivity index (χ0v) is 14.8. The monoisotopic (exact) mass is 362 g/mol. The Balaban J connectivity index is 2.19. The van der Waals surface area contributed by atoms with Gasteiger partial charge in [0.05, 0.1) is 10.8 Å². The molecule has 0 aliphatic carbocycles. The van der Waals surface area contributed by atoms with Gasteiger partial charge >= 0.3 is 6.09 Å². The van der Waals surface area contributed by atoms with Crippen LogP contribution in [0.2, 0.25) is 5.02 Å². The first-order valence-electron chi connectivity index (χ1n) is 6.97. The molecule has 5 nitrogen and oxygen atoms in total. The van der Waals surface area contributed by atoms with Gasteiger partial charge in [-0.3, -0.25) is 4.79 Å². The Morgan fingerprint density at radius 3 is 2.65 bits per heavy atom. The standard InChI is InChI=1S/C15H20ClFN2O3S/c1-15(2,3)22-14(21)18-6-7-23-9-13(20)19-10-4-5-12(17)11(16)8-10/h4-5,8H,6-7,9H2,1-3H3,(H,18,21)(H,19,20). The average Bonchev–Trinajstić information content (AvgIpc) is 2.40. The molecule has 0 spiro atoms. The minimum Gasteiger partial charge on any atom is -0.444 e. The molecule has 2 amide bonds. The van der Waals surface area contributed by atoms with Crippen LogP contribution >= 0.6 is 23.4 Å². The molecule has 2 N–H and O–H groups in total. The minimum atomic E-state index is -0.535. The molecule has 1 aromatic rings. The zero-order valence-electron chi connectivity index (χ0n) is 13.2. The summed E-state index contributed by atoms with van der Waals surface area (Å²) in [5.41, 5.74) is -0.0954. The Kier molecular flexibility index (Phi) is 7.64. The maximum Gasteiger partial charge on any atom is 0.407 e. The second kappa shape index (κ2) is 8.98. The third kappa shape index (κ3) is 8.66. The van der Waals surface area contributed by atoms with Crippen molar-refractivity contribution in [3.8, 4) is 0 Å². The number of hydrogen-bond acceptors (Lipinski definition) is 4. The van der Waals surface area contributed by atoms with Gasteiger partial charge in [0.25, 0.3) is 0 Å². The van der Waals surface area contributed by atoms with Gasteiger partial charge in [0.1, 0.15) is 11.4 Å². The van der Waals surface area contributed by atoms with Crippen LogP contribution in [0.25, 0.3) is 0 Å². The normalized spacial score (nSPS) is 11.0. The topological polar surface area (TPSA) is 67.4 Å². The van der Waals surface area contributed by atoms with Crippen LogP contribution in [-0.2, 0) is 9.53 Å². The van der Waals surface area contributed by atoms with Crippen LogP contribution in [0.5, 0.6) is 0 Å². The Hall–Kier alpha value is -1.47. The van der Waals surface area contributed by atoms with E-state index in [0.717, 1.165) is 0 Å². The van der Waals surface area contributed by atoms with Crippen LogP contribution in [0.4, 0.5) is 14.9 Å². The summed E-state index contributed by atoms with van der Waals surface area (Å²) >= 11 is 6.99. The van der Waals surface area contributed by atoms with Gasteiger partial charge in [-0.15, -0.1) is 0 Å². The number of halogens is 2. The molecule has 1 aromatic carbocycles. The highest BCUT2D eigenvalue weighted by atomic mass is 35.5. The van der Waals surface area contributed by atoms with E-state index in [0.29, 0.717) is 18.0 Å². The fraction of sp³-hybridized carbons (Fsp3) is 0.467. The highest BCUT2D eigenvalue weighted by molar-refractivity contribution is 7.99. The van der Waals surface area contributed by atoms with Gasteiger partial charge in [-0.05, 0) is 39.0 Å². The van der Waals surface area contributed by atoms with E-state index in [1.54, 1.807) is 20.8 Å². The van der Waals surface area contributed by atoms with Crippen molar-refractivity contribution in [3.05, 3.63) is 29.0 Å². The molecule has 0 bridgehead atoms. The number of ether oxygens (including phenoxy) is 1. The fourth-order valence-corrected chi connectivity index (χ4v) is 2.30. The molecule has 8 heteroatoms. The van der Waals surface area contributed by atoms with Crippen LogP contribution in [0.1, 0.15) is 20.8 Å². The van der Waals surface area contributed by atoms with Gasteiger partial charge in [-0.1, -0.05) is 11.6 Å². The summed E-state index contributed by atoms with van der Waals surface area (Å²) in [7, 11) is 0. The molecule has 0 fully saturated rings. The molecule has 0 saturated heterocycles. The van der Waals surface area contributed by atoms with Crippen molar-refractivity contribution >= 4 is 41.1 Å². The van der Waals surface area contributed by atoms with Crippen LogP contribution < -0.4 is 10.6 Å². The van der Waals surface area contributed by atoms with Crippen molar-refractivity contribution in [2.75, 3.05) is 23.4 Å². The Morgan fingerprint density at radius 1 is 1.35 bits per heavy atom. The number of alkyl carbamates (subject to hydrolysis) is 1. The van der Waals surface area contributed by atoms with E-state index in [1.165, 1.54) is 30.0 Å². The number of rotatable bonds is 6. The van der Waals surface area contributed by atoms with E-state index in [1.807, 2.05) is 0 Å². The average molecular weight is 363 g/mol.